The van der Waals surface area contributed by atoms with Crippen LogP contribution in [-0.4, -0.2) is 49.6 Å². The number of thioether (sulfide) groups is 1. The predicted molar refractivity (Wildman–Crippen MR) is 153 cm³/mol. The third-order valence-corrected chi connectivity index (χ3v) is 9.60. The summed E-state index contributed by atoms with van der Waals surface area (Å²) >= 11 is 7.01. The molecule has 0 unspecified atom stereocenters. The summed E-state index contributed by atoms with van der Waals surface area (Å²) in [6.07, 6.45) is 14.5. The summed E-state index contributed by atoms with van der Waals surface area (Å²) in [5, 5.41) is 1.09. The summed E-state index contributed by atoms with van der Waals surface area (Å²) in [4.78, 5) is 31.1. The number of amides is 2. The van der Waals surface area contributed by atoms with Gasteiger partial charge >= 0.3 is 0 Å². The molecule has 2 saturated heterocycles. The van der Waals surface area contributed by atoms with E-state index in [9.17, 15) is 9.59 Å². The molecule has 0 spiro atoms. The van der Waals surface area contributed by atoms with Crippen LogP contribution in [0.1, 0.15) is 76.3 Å². The number of carbonyl (C=O) groups excluding carboxylic acids is 2. The molecule has 5 rings (SSSR count). The van der Waals surface area contributed by atoms with Crippen molar-refractivity contribution >= 4 is 57.1 Å². The predicted octanol–water partition coefficient (Wildman–Crippen LogP) is 6.39. The Morgan fingerprint density at radius 2 is 1.94 bits per heavy atom. The number of thiocarbonyl (C=S) groups is 1. The van der Waals surface area contributed by atoms with E-state index in [0.717, 1.165) is 61.2 Å². The lowest BCUT2D eigenvalue weighted by atomic mass is 10.0. The highest BCUT2D eigenvalue weighted by atomic mass is 32.2. The molecule has 1 aromatic carbocycles. The summed E-state index contributed by atoms with van der Waals surface area (Å²) in [7, 11) is 0. The molecular formula is C29H37N3O2S2. The van der Waals surface area contributed by atoms with E-state index in [1.165, 1.54) is 49.4 Å². The molecule has 3 heterocycles. The van der Waals surface area contributed by atoms with Crippen LogP contribution in [0.15, 0.2) is 29.3 Å². The van der Waals surface area contributed by atoms with Gasteiger partial charge in [-0.15, -0.1) is 0 Å². The van der Waals surface area contributed by atoms with Crippen LogP contribution in [0.3, 0.4) is 0 Å². The average molecular weight is 524 g/mol. The maximum absolute atomic E-state index is 13.3. The number of aromatic nitrogens is 1. The number of aryl methyl sites for hydroxylation is 1. The molecule has 1 saturated carbocycles. The third-order valence-electron chi connectivity index (χ3n) is 8.22. The molecule has 3 fully saturated rings. The van der Waals surface area contributed by atoms with Crippen molar-refractivity contribution < 1.29 is 9.59 Å². The van der Waals surface area contributed by atoms with Gasteiger partial charge in [0.1, 0.15) is 10.9 Å². The fourth-order valence-electron chi connectivity index (χ4n) is 6.14. The van der Waals surface area contributed by atoms with Crippen molar-refractivity contribution in [2.75, 3.05) is 13.1 Å². The molecule has 0 radical (unpaired) electrons. The zero-order valence-electron chi connectivity index (χ0n) is 21.5. The van der Waals surface area contributed by atoms with Crippen molar-refractivity contribution in [3.05, 3.63) is 40.4 Å². The van der Waals surface area contributed by atoms with Crippen molar-refractivity contribution in [3.63, 3.8) is 0 Å². The van der Waals surface area contributed by atoms with Gasteiger partial charge in [0.2, 0.25) is 5.91 Å². The Hall–Kier alpha value is -2.12. The van der Waals surface area contributed by atoms with E-state index in [1.54, 1.807) is 4.90 Å². The number of nitrogens with zero attached hydrogens (tertiary/aromatic N) is 3. The van der Waals surface area contributed by atoms with Crippen LogP contribution >= 0.6 is 24.0 Å². The van der Waals surface area contributed by atoms with Crippen LogP contribution < -0.4 is 0 Å². The fourth-order valence-corrected chi connectivity index (χ4v) is 7.44. The molecule has 3 aliphatic rings. The molecule has 1 aromatic heterocycles. The first-order valence-electron chi connectivity index (χ1n) is 13.6. The minimum absolute atomic E-state index is 0.0220. The van der Waals surface area contributed by atoms with Crippen molar-refractivity contribution in [2.24, 2.45) is 5.92 Å². The van der Waals surface area contributed by atoms with Gasteiger partial charge < -0.3 is 9.47 Å². The van der Waals surface area contributed by atoms with Crippen LogP contribution in [-0.2, 0) is 22.6 Å². The summed E-state index contributed by atoms with van der Waals surface area (Å²) in [5.74, 6) is 0.924. The topological polar surface area (TPSA) is 45.6 Å². The fraction of sp³-hybridized carbons (Fsp3) is 0.552. The molecule has 1 aliphatic carbocycles. The molecule has 0 N–H and O–H groups in total. The number of fused-ring (bicyclic) bond motifs is 1. The number of carbonyl (C=O) groups is 2. The minimum atomic E-state index is 0.0220. The molecule has 192 valence electrons. The Morgan fingerprint density at radius 3 is 2.69 bits per heavy atom. The van der Waals surface area contributed by atoms with E-state index in [0.29, 0.717) is 21.8 Å². The molecular weight excluding hydrogens is 486 g/mol. The second-order valence-corrected chi connectivity index (χ2v) is 12.3. The molecule has 0 bridgehead atoms. The quantitative estimate of drug-likeness (QED) is 0.312. The lowest BCUT2D eigenvalue weighted by molar-refractivity contribution is -0.135. The second-order valence-electron chi connectivity index (χ2n) is 10.6. The second kappa shape index (κ2) is 11.1. The first-order valence-corrected chi connectivity index (χ1v) is 14.8. The van der Waals surface area contributed by atoms with Gasteiger partial charge in [-0.1, -0.05) is 74.8 Å². The summed E-state index contributed by atoms with van der Waals surface area (Å²) in [5.41, 5.74) is 3.30. The van der Waals surface area contributed by atoms with E-state index < -0.39 is 0 Å². The zero-order valence-corrected chi connectivity index (χ0v) is 23.1. The Bertz CT molecular complexity index is 1190. The van der Waals surface area contributed by atoms with Crippen LogP contribution in [0.5, 0.6) is 0 Å². The number of piperidine rings is 1. The Balaban J connectivity index is 1.42. The van der Waals surface area contributed by atoms with Crippen LogP contribution in [0.4, 0.5) is 0 Å². The number of likely N-dealkylation sites (tertiary alicyclic amines) is 1. The molecule has 2 aromatic rings. The zero-order chi connectivity index (χ0) is 25.2. The third kappa shape index (κ3) is 5.14. The van der Waals surface area contributed by atoms with E-state index in [-0.39, 0.29) is 11.8 Å². The van der Waals surface area contributed by atoms with E-state index >= 15 is 0 Å². The maximum Gasteiger partial charge on any atom is 0.266 e. The monoisotopic (exact) mass is 523 g/mol. The van der Waals surface area contributed by atoms with Gasteiger partial charge in [-0.2, -0.15) is 0 Å². The molecule has 7 heteroatoms. The highest BCUT2D eigenvalue weighted by Gasteiger charge is 2.33. The van der Waals surface area contributed by atoms with Crippen molar-refractivity contribution in [2.45, 2.75) is 84.2 Å². The van der Waals surface area contributed by atoms with Crippen molar-refractivity contribution in [1.29, 1.82) is 0 Å². The van der Waals surface area contributed by atoms with Crippen LogP contribution in [0, 0.1) is 5.92 Å². The molecule has 2 amide bonds. The van der Waals surface area contributed by atoms with E-state index in [4.69, 9.17) is 12.2 Å². The summed E-state index contributed by atoms with van der Waals surface area (Å²) in [6.45, 7) is 6.19. The normalized spacial score (nSPS) is 22.5. The molecule has 36 heavy (non-hydrogen) atoms. The van der Waals surface area contributed by atoms with Gasteiger partial charge in [-0.3, -0.25) is 14.5 Å². The summed E-state index contributed by atoms with van der Waals surface area (Å²) in [6, 6.07) is 6.61. The smallest absolute Gasteiger partial charge is 0.266 e. The first kappa shape index (κ1) is 25.5. The Morgan fingerprint density at radius 1 is 1.17 bits per heavy atom. The Kier molecular flexibility index (Phi) is 7.87. The maximum atomic E-state index is 13.3. The number of hydrogen-bond acceptors (Lipinski definition) is 4. The molecule has 5 nitrogen and oxygen atoms in total. The number of hydrogen-bond donors (Lipinski definition) is 0. The van der Waals surface area contributed by atoms with Crippen molar-refractivity contribution in [1.82, 2.24) is 14.4 Å². The average Bonchev–Trinajstić information content (AvgIpc) is 3.58. The van der Waals surface area contributed by atoms with Gasteiger partial charge in [0.05, 0.1) is 10.4 Å². The van der Waals surface area contributed by atoms with Crippen LogP contribution in [0.25, 0.3) is 17.0 Å². The summed E-state index contributed by atoms with van der Waals surface area (Å²) < 4.78 is 2.77. The molecule has 1 atom stereocenters. The first-order chi connectivity index (χ1) is 17.5. The van der Waals surface area contributed by atoms with Gasteiger partial charge in [-0.25, -0.2) is 0 Å². The van der Waals surface area contributed by atoms with Crippen molar-refractivity contribution in [3.8, 4) is 0 Å². The lowest BCUT2D eigenvalue weighted by Crippen LogP contribution is -2.43. The van der Waals surface area contributed by atoms with Gasteiger partial charge in [0.15, 0.2) is 0 Å². The van der Waals surface area contributed by atoms with Crippen LogP contribution in [0.2, 0.25) is 0 Å². The van der Waals surface area contributed by atoms with Gasteiger partial charge in [-0.05, 0) is 56.6 Å². The number of para-hydroxylation sites is 1. The highest BCUT2D eigenvalue weighted by Crippen LogP contribution is 2.36. The standard InChI is InChI=1S/C29H37N3O2S2/c1-3-22-12-8-13-24-23(18-30(27(22)24)19-26(33)31-15-7-6-9-20(31)2)17-25-28(34)32(29(35)36-25)16-14-21-10-4-5-11-21/h8,12-13,17-18,20-21H,3-7,9-11,14-16,19H2,1-2H3/b25-17-/t20-/m0/s1. The number of benzene rings is 1. The van der Waals surface area contributed by atoms with Gasteiger partial charge in [0, 0.05) is 36.3 Å². The van der Waals surface area contributed by atoms with E-state index in [1.807, 2.05) is 11.0 Å². The number of rotatable bonds is 7. The molecule has 2 aliphatic heterocycles. The Labute approximate surface area is 224 Å². The highest BCUT2D eigenvalue weighted by molar-refractivity contribution is 8.26. The minimum Gasteiger partial charge on any atom is -0.338 e. The lowest BCUT2D eigenvalue weighted by Gasteiger charge is -2.33. The van der Waals surface area contributed by atoms with E-state index in [2.05, 4.69) is 42.8 Å². The van der Waals surface area contributed by atoms with Gasteiger partial charge in [0.25, 0.3) is 5.91 Å². The SMILES string of the molecule is CCc1cccc2c(/C=C3\SC(=S)N(CCC4CCCC4)C3=O)cn(CC(=O)N3CCCC[C@@H]3C)c12. The largest absolute Gasteiger partial charge is 0.338 e.